The normalized spacial score (nSPS) is 25.7. The molecule has 1 heterocycles. The third-order valence-electron chi connectivity index (χ3n) is 9.15. The van der Waals surface area contributed by atoms with Gasteiger partial charge >= 0.3 is 0 Å². The minimum absolute atomic E-state index is 0.138. The van der Waals surface area contributed by atoms with E-state index in [1.807, 2.05) is 6.08 Å². The zero-order valence-electron chi connectivity index (χ0n) is 36.8. The minimum Gasteiger partial charge on any atom is -0.394 e. The summed E-state index contributed by atoms with van der Waals surface area (Å²) in [4.78, 5) is 12.9. The molecule has 0 radical (unpaired) electrons. The van der Waals surface area contributed by atoms with Gasteiger partial charge in [-0.1, -0.05) is 161 Å². The van der Waals surface area contributed by atoms with Crippen LogP contribution in [-0.4, -0.2) is 87.5 Å². The summed E-state index contributed by atoms with van der Waals surface area (Å²) < 4.78 is 64.2. The van der Waals surface area contributed by atoms with Crippen molar-refractivity contribution in [3.63, 3.8) is 0 Å². The second-order valence-electron chi connectivity index (χ2n) is 13.4. The van der Waals surface area contributed by atoms with Crippen molar-refractivity contribution in [3.8, 4) is 0 Å². The first-order valence-corrected chi connectivity index (χ1v) is 19.1. The van der Waals surface area contributed by atoms with Gasteiger partial charge in [0.05, 0.1) is 25.4 Å². The van der Waals surface area contributed by atoms with Gasteiger partial charge in [0.1, 0.15) is 24.4 Å². The van der Waals surface area contributed by atoms with E-state index in [2.05, 4.69) is 12.2 Å². The van der Waals surface area contributed by atoms with Gasteiger partial charge in [-0.05, 0) is 19.3 Å². The maximum absolute atomic E-state index is 12.9. The number of allylic oxidation sites excluding steroid dienone is 1. The first-order valence-electron chi connectivity index (χ1n) is 22.6. The fourth-order valence-corrected chi connectivity index (χ4v) is 6.00. The Kier molecular flexibility index (Phi) is 21.8. The molecule has 1 fully saturated rings. The van der Waals surface area contributed by atoms with Gasteiger partial charge in [-0.25, -0.2) is 0 Å². The lowest BCUT2D eigenvalue weighted by molar-refractivity contribution is -0.302. The molecule has 48 heavy (non-hydrogen) atoms. The molecule has 284 valence electrons. The van der Waals surface area contributed by atoms with E-state index in [1.54, 1.807) is 6.08 Å². The Morgan fingerprint density at radius 3 is 1.92 bits per heavy atom. The van der Waals surface area contributed by atoms with Crippen LogP contribution in [-0.2, 0) is 14.3 Å². The molecule has 9 nitrogen and oxygen atoms in total. The number of carbonyl (C=O) groups excluding carboxylic acids is 1. The summed E-state index contributed by atoms with van der Waals surface area (Å²) in [7, 11) is 0. The average molecular weight is 693 g/mol. The van der Waals surface area contributed by atoms with Crippen molar-refractivity contribution in [1.29, 1.82) is 0 Å². The first-order chi connectivity index (χ1) is 26.0. The number of hydrogen-bond donors (Lipinski definition) is 6. The molecular formula is C39H75NO8. The van der Waals surface area contributed by atoms with E-state index in [9.17, 15) is 30.3 Å². The molecule has 9 heteroatoms. The number of rotatable bonds is 32. The summed E-state index contributed by atoms with van der Waals surface area (Å²) in [6.07, 6.45) is 11.5. The highest BCUT2D eigenvalue weighted by Crippen LogP contribution is 2.22. The summed E-state index contributed by atoms with van der Waals surface area (Å²) in [5, 5.41) is 53.9. The molecule has 6 N–H and O–H groups in total. The van der Waals surface area contributed by atoms with Crippen LogP contribution in [0.1, 0.15) is 184 Å². The molecule has 1 rings (SSSR count). The van der Waals surface area contributed by atoms with Gasteiger partial charge in [0.25, 0.3) is 0 Å². The van der Waals surface area contributed by atoms with Gasteiger partial charge in [-0.2, -0.15) is 0 Å². The number of hydrogen-bond acceptors (Lipinski definition) is 8. The number of unbranched alkanes of at least 4 members (excludes halogenated alkanes) is 19. The van der Waals surface area contributed by atoms with Crippen molar-refractivity contribution in [3.05, 3.63) is 12.2 Å². The van der Waals surface area contributed by atoms with Crippen molar-refractivity contribution in [1.82, 2.24) is 5.32 Å². The van der Waals surface area contributed by atoms with Crippen molar-refractivity contribution in [2.75, 3.05) is 13.2 Å². The zero-order chi connectivity index (χ0) is 41.3. The zero-order valence-corrected chi connectivity index (χ0v) is 29.8. The Hall–Kier alpha value is -1.07. The highest BCUT2D eigenvalue weighted by atomic mass is 16.7. The second-order valence-corrected chi connectivity index (χ2v) is 13.4. The lowest BCUT2D eigenvalue weighted by atomic mass is 9.99. The summed E-state index contributed by atoms with van der Waals surface area (Å²) in [6.45, 7) is -1.65. The fourth-order valence-electron chi connectivity index (χ4n) is 6.00. The topological polar surface area (TPSA) is 149 Å². The third-order valence-corrected chi connectivity index (χ3v) is 9.15. The van der Waals surface area contributed by atoms with Gasteiger partial charge in [-0.3, -0.25) is 4.79 Å². The molecule has 1 aliphatic rings. The molecule has 1 saturated heterocycles. The lowest BCUT2D eigenvalue weighted by Gasteiger charge is -2.40. The Bertz CT molecular complexity index is 1020. The summed E-state index contributed by atoms with van der Waals surface area (Å²) in [5.41, 5.74) is 0. The molecule has 0 aromatic rings. The van der Waals surface area contributed by atoms with Gasteiger partial charge in [0.15, 0.2) is 6.29 Å². The first kappa shape index (κ1) is 34.0. The van der Waals surface area contributed by atoms with Crippen molar-refractivity contribution >= 4 is 5.91 Å². The highest BCUT2D eigenvalue weighted by molar-refractivity contribution is 5.76. The SMILES string of the molecule is [2H]C([2H])([2H])C([2H])([2H])C([2H])([2H])CCCCCCCCCC/C=C/[C@@H](O)[C@H](CO[C@@H]1O[C@H](CO)[C@@H](O)[C@H](O)[C@H]1O)NC(=O)CCCCCCCCCCCCCC. The van der Waals surface area contributed by atoms with Crippen LogP contribution < -0.4 is 5.32 Å². The van der Waals surface area contributed by atoms with Gasteiger partial charge in [-0.15, -0.1) is 0 Å². The predicted octanol–water partition coefficient (Wildman–Crippen LogP) is 7.00. The van der Waals surface area contributed by atoms with Crippen LogP contribution in [0.3, 0.4) is 0 Å². The van der Waals surface area contributed by atoms with Crippen LogP contribution in [0.15, 0.2) is 12.2 Å². The smallest absolute Gasteiger partial charge is 0.220 e. The molecule has 0 aromatic carbocycles. The third kappa shape index (κ3) is 21.9. The van der Waals surface area contributed by atoms with Crippen LogP contribution in [0.2, 0.25) is 0 Å². The highest BCUT2D eigenvalue weighted by Gasteiger charge is 2.44. The maximum Gasteiger partial charge on any atom is 0.220 e. The van der Waals surface area contributed by atoms with Gasteiger partial charge < -0.3 is 40.3 Å². The number of aliphatic hydroxyl groups is 5. The van der Waals surface area contributed by atoms with Crippen LogP contribution in [0.25, 0.3) is 0 Å². The molecule has 0 saturated carbocycles. The summed E-state index contributed by atoms with van der Waals surface area (Å²) in [5.74, 6) is -0.239. The molecule has 0 spiro atoms. The molecule has 1 amide bonds. The molecule has 0 aromatic heterocycles. The van der Waals surface area contributed by atoms with E-state index in [-0.39, 0.29) is 18.9 Å². The summed E-state index contributed by atoms with van der Waals surface area (Å²) >= 11 is 0. The monoisotopic (exact) mass is 693 g/mol. The Balaban J connectivity index is 2.46. The van der Waals surface area contributed by atoms with E-state index >= 15 is 0 Å². The Morgan fingerprint density at radius 2 is 1.35 bits per heavy atom. The van der Waals surface area contributed by atoms with Crippen molar-refractivity contribution < 1.29 is 49.4 Å². The van der Waals surface area contributed by atoms with Crippen LogP contribution in [0.5, 0.6) is 0 Å². The molecule has 0 aliphatic carbocycles. The van der Waals surface area contributed by atoms with Gasteiger partial charge in [0, 0.05) is 16.0 Å². The predicted molar refractivity (Wildman–Crippen MR) is 194 cm³/mol. The molecule has 0 bridgehead atoms. The van der Waals surface area contributed by atoms with Crippen LogP contribution in [0, 0.1) is 0 Å². The second kappa shape index (κ2) is 30.7. The number of aliphatic hydroxyl groups excluding tert-OH is 5. The van der Waals surface area contributed by atoms with Crippen LogP contribution in [0.4, 0.5) is 0 Å². The number of nitrogens with one attached hydrogen (secondary N) is 1. The quantitative estimate of drug-likeness (QED) is 0.0326. The molecule has 1 aliphatic heterocycles. The molecular weight excluding hydrogens is 610 g/mol. The van der Waals surface area contributed by atoms with Crippen molar-refractivity contribution in [2.24, 2.45) is 0 Å². The van der Waals surface area contributed by atoms with E-state index in [0.717, 1.165) is 64.2 Å². The van der Waals surface area contributed by atoms with Gasteiger partial charge in [0.2, 0.25) is 5.91 Å². The fraction of sp³-hybridized carbons (Fsp3) is 0.923. The Morgan fingerprint density at radius 1 is 0.812 bits per heavy atom. The van der Waals surface area contributed by atoms with Crippen LogP contribution >= 0.6 is 0 Å². The molecule has 7 atom stereocenters. The number of carbonyl (C=O) groups is 1. The van der Waals surface area contributed by atoms with Crippen molar-refractivity contribution in [2.45, 2.75) is 217 Å². The Labute approximate surface area is 303 Å². The number of ether oxygens (including phenoxy) is 2. The summed E-state index contributed by atoms with van der Waals surface area (Å²) in [6, 6.07) is -0.879. The van der Waals surface area contributed by atoms with E-state index in [1.165, 1.54) is 51.4 Å². The van der Waals surface area contributed by atoms with E-state index < -0.39 is 69.1 Å². The minimum atomic E-state index is -3.02. The standard InChI is InChI=1S/C39H75NO8/c1-3-5-7-9-11-13-15-17-18-20-22-24-26-28-33(42)32(31-47-39-38(46)37(45)36(44)34(30-41)48-39)40-35(43)29-27-25-23-21-19-16-14-12-10-8-6-4-2/h26,28,32-34,36-39,41-42,44-46H,3-25,27,29-31H2,1-2H3,(H,40,43)/b28-26+/t32-,33+,34+,36+,37-,38+,39+/m0/s1/i1D3,3D2,5D2. The average Bonchev–Trinajstić information content (AvgIpc) is 3.13. The van der Waals surface area contributed by atoms with E-state index in [0.29, 0.717) is 25.7 Å². The maximum atomic E-state index is 12.9. The largest absolute Gasteiger partial charge is 0.394 e. The molecule has 0 unspecified atom stereocenters. The lowest BCUT2D eigenvalue weighted by Crippen LogP contribution is -2.60. The number of amides is 1. The van der Waals surface area contributed by atoms with E-state index in [4.69, 9.17) is 19.1 Å².